The van der Waals surface area contributed by atoms with Gasteiger partial charge in [0, 0.05) is 10.3 Å². The topological polar surface area (TPSA) is 34.1 Å². The van der Waals surface area contributed by atoms with E-state index in [-0.39, 0.29) is 11.0 Å². The first-order valence-corrected chi connectivity index (χ1v) is 10.2. The molecule has 0 spiro atoms. The number of halogens is 1. The van der Waals surface area contributed by atoms with E-state index in [1.54, 1.807) is 36.0 Å². The normalized spacial score (nSPS) is 13.0. The Labute approximate surface area is 141 Å². The van der Waals surface area contributed by atoms with Crippen LogP contribution in [0.4, 0.5) is 0 Å². The summed E-state index contributed by atoms with van der Waals surface area (Å²) in [5, 5.41) is 1.02. The summed E-state index contributed by atoms with van der Waals surface area (Å²) in [5.74, 6) is 0.970. The molecule has 22 heavy (non-hydrogen) atoms. The molecule has 0 aliphatic rings. The van der Waals surface area contributed by atoms with Crippen molar-refractivity contribution in [3.05, 3.63) is 65.2 Å². The van der Waals surface area contributed by atoms with Crippen LogP contribution in [0.25, 0.3) is 0 Å². The lowest BCUT2D eigenvalue weighted by molar-refractivity contribution is 0.595. The molecule has 0 saturated heterocycles. The van der Waals surface area contributed by atoms with E-state index >= 15 is 0 Å². The minimum absolute atomic E-state index is 0.180. The Morgan fingerprint density at radius 3 is 2.36 bits per heavy atom. The largest absolute Gasteiger partial charge is 0.224 e. The molecular weight excluding hydrogens is 336 g/mol. The highest BCUT2D eigenvalue weighted by Crippen LogP contribution is 2.33. The molecule has 0 amide bonds. The molecular formula is C17H19ClO2S2. The maximum absolute atomic E-state index is 12.2. The minimum atomic E-state index is -3.17. The Bertz CT molecular complexity index is 700. The summed E-state index contributed by atoms with van der Waals surface area (Å²) in [6.07, 6.45) is 0.636. The number of rotatable bonds is 7. The van der Waals surface area contributed by atoms with Gasteiger partial charge in [-0.25, -0.2) is 8.42 Å². The molecule has 2 aromatic rings. The van der Waals surface area contributed by atoms with Crippen LogP contribution >= 0.6 is 23.4 Å². The van der Waals surface area contributed by atoms with Crippen molar-refractivity contribution in [2.24, 2.45) is 0 Å². The van der Waals surface area contributed by atoms with Crippen molar-refractivity contribution in [2.45, 2.75) is 23.5 Å². The second kappa shape index (κ2) is 8.04. The molecule has 1 unspecified atom stereocenters. The van der Waals surface area contributed by atoms with Crippen molar-refractivity contribution < 1.29 is 8.42 Å². The molecule has 0 aromatic heterocycles. The molecule has 0 aliphatic heterocycles. The lowest BCUT2D eigenvalue weighted by Crippen LogP contribution is -2.07. The zero-order valence-corrected chi connectivity index (χ0v) is 14.8. The molecule has 0 fully saturated rings. The predicted molar refractivity (Wildman–Crippen MR) is 95.4 cm³/mol. The van der Waals surface area contributed by atoms with Crippen LogP contribution in [0.2, 0.25) is 5.02 Å². The molecule has 2 aromatic carbocycles. The van der Waals surface area contributed by atoms with Gasteiger partial charge in [0.1, 0.15) is 0 Å². The SMILES string of the molecule is CC(SCCCS(=O)(=O)c1ccccc1)c1ccccc1Cl. The van der Waals surface area contributed by atoms with Crippen LogP contribution in [0.1, 0.15) is 24.2 Å². The maximum atomic E-state index is 12.2. The third-order valence-electron chi connectivity index (χ3n) is 3.37. The average molecular weight is 355 g/mol. The first kappa shape index (κ1) is 17.4. The second-order valence-electron chi connectivity index (χ2n) is 5.02. The Morgan fingerprint density at radius 1 is 1.05 bits per heavy atom. The Morgan fingerprint density at radius 2 is 1.68 bits per heavy atom. The highest BCUT2D eigenvalue weighted by Gasteiger charge is 2.14. The second-order valence-corrected chi connectivity index (χ2v) is 8.99. The maximum Gasteiger partial charge on any atom is 0.178 e. The van der Waals surface area contributed by atoms with Gasteiger partial charge in [0.25, 0.3) is 0 Å². The number of sulfone groups is 1. The van der Waals surface area contributed by atoms with Crippen molar-refractivity contribution in [3.8, 4) is 0 Å². The number of hydrogen-bond acceptors (Lipinski definition) is 3. The summed E-state index contributed by atoms with van der Waals surface area (Å²) in [6.45, 7) is 2.09. The third kappa shape index (κ3) is 4.77. The summed E-state index contributed by atoms with van der Waals surface area (Å²) in [6, 6.07) is 16.4. The van der Waals surface area contributed by atoms with Crippen molar-refractivity contribution in [3.63, 3.8) is 0 Å². The van der Waals surface area contributed by atoms with Gasteiger partial charge >= 0.3 is 0 Å². The molecule has 2 rings (SSSR count). The van der Waals surface area contributed by atoms with E-state index in [1.807, 2.05) is 30.3 Å². The van der Waals surface area contributed by atoms with Crippen LogP contribution in [0.5, 0.6) is 0 Å². The summed E-state index contributed by atoms with van der Waals surface area (Å²) >= 11 is 7.91. The van der Waals surface area contributed by atoms with Gasteiger partial charge in [0.2, 0.25) is 0 Å². The summed E-state index contributed by atoms with van der Waals surface area (Å²) in [7, 11) is -3.17. The van der Waals surface area contributed by atoms with E-state index in [9.17, 15) is 8.42 Å². The van der Waals surface area contributed by atoms with Crippen LogP contribution in [-0.4, -0.2) is 19.9 Å². The van der Waals surface area contributed by atoms with Crippen LogP contribution in [-0.2, 0) is 9.84 Å². The number of hydrogen-bond donors (Lipinski definition) is 0. The standard InChI is InChI=1S/C17H19ClO2S2/c1-14(16-10-5-6-11-17(16)18)21-12-7-13-22(19,20)15-8-3-2-4-9-15/h2-6,8-11,14H,7,12-13H2,1H3. The fourth-order valence-electron chi connectivity index (χ4n) is 2.15. The van der Waals surface area contributed by atoms with Crippen LogP contribution in [0.15, 0.2) is 59.5 Å². The zero-order valence-electron chi connectivity index (χ0n) is 12.4. The van der Waals surface area contributed by atoms with Gasteiger partial charge in [-0.2, -0.15) is 11.8 Å². The van der Waals surface area contributed by atoms with E-state index in [4.69, 9.17) is 11.6 Å². The molecule has 0 radical (unpaired) electrons. The Hall–Kier alpha value is -0.970. The zero-order chi connectivity index (χ0) is 16.0. The van der Waals surface area contributed by atoms with Gasteiger partial charge in [0.15, 0.2) is 9.84 Å². The average Bonchev–Trinajstić information content (AvgIpc) is 2.53. The quantitative estimate of drug-likeness (QED) is 0.656. The lowest BCUT2D eigenvalue weighted by atomic mass is 10.2. The number of thioether (sulfide) groups is 1. The summed E-state index contributed by atoms with van der Waals surface area (Å²) in [5.41, 5.74) is 1.10. The minimum Gasteiger partial charge on any atom is -0.224 e. The van der Waals surface area contributed by atoms with Crippen molar-refractivity contribution >= 4 is 33.2 Å². The van der Waals surface area contributed by atoms with Gasteiger partial charge in [0.05, 0.1) is 10.6 Å². The molecule has 0 aliphatic carbocycles. The van der Waals surface area contributed by atoms with Crippen molar-refractivity contribution in [1.82, 2.24) is 0 Å². The van der Waals surface area contributed by atoms with Crippen molar-refractivity contribution in [1.29, 1.82) is 0 Å². The van der Waals surface area contributed by atoms with E-state index in [2.05, 4.69) is 6.92 Å². The van der Waals surface area contributed by atoms with Gasteiger partial charge < -0.3 is 0 Å². The van der Waals surface area contributed by atoms with Gasteiger partial charge in [-0.1, -0.05) is 48.0 Å². The Balaban J connectivity index is 1.84. The molecule has 0 bridgehead atoms. The monoisotopic (exact) mass is 354 g/mol. The van der Waals surface area contributed by atoms with E-state index in [0.717, 1.165) is 16.3 Å². The van der Waals surface area contributed by atoms with Crippen LogP contribution < -0.4 is 0 Å². The summed E-state index contributed by atoms with van der Waals surface area (Å²) < 4.78 is 24.3. The highest BCUT2D eigenvalue weighted by atomic mass is 35.5. The van der Waals surface area contributed by atoms with E-state index in [0.29, 0.717) is 11.3 Å². The van der Waals surface area contributed by atoms with Gasteiger partial charge in [-0.15, -0.1) is 0 Å². The summed E-state index contributed by atoms with van der Waals surface area (Å²) in [4.78, 5) is 0.402. The smallest absolute Gasteiger partial charge is 0.178 e. The fourth-order valence-corrected chi connectivity index (χ4v) is 5.08. The molecule has 1 atom stereocenters. The molecule has 0 saturated carbocycles. The Kier molecular flexibility index (Phi) is 6.36. The fraction of sp³-hybridized carbons (Fsp3) is 0.294. The van der Waals surface area contributed by atoms with Gasteiger partial charge in [-0.3, -0.25) is 0 Å². The van der Waals surface area contributed by atoms with E-state index in [1.165, 1.54) is 0 Å². The molecule has 0 heterocycles. The van der Waals surface area contributed by atoms with Crippen molar-refractivity contribution in [2.75, 3.05) is 11.5 Å². The first-order valence-electron chi connectivity index (χ1n) is 7.14. The molecule has 2 nitrogen and oxygen atoms in total. The van der Waals surface area contributed by atoms with E-state index < -0.39 is 9.84 Å². The van der Waals surface area contributed by atoms with Crippen LogP contribution in [0, 0.1) is 0 Å². The molecule has 0 N–H and O–H groups in total. The molecule has 5 heteroatoms. The first-order chi connectivity index (χ1) is 10.5. The lowest BCUT2D eigenvalue weighted by Gasteiger charge is -2.13. The van der Waals surface area contributed by atoms with Crippen LogP contribution in [0.3, 0.4) is 0 Å². The molecule has 118 valence electrons. The van der Waals surface area contributed by atoms with Gasteiger partial charge in [-0.05, 0) is 42.9 Å². The third-order valence-corrected chi connectivity index (χ3v) is 6.81. The number of benzene rings is 2. The highest BCUT2D eigenvalue weighted by molar-refractivity contribution is 7.99. The predicted octanol–water partition coefficient (Wildman–Crippen LogP) is 5.00.